The monoisotopic (exact) mass is 310 g/mol. The molecule has 1 rings (SSSR count). The molecule has 1 aromatic rings. The number of aromatic hydroxyl groups is 1. The van der Waals surface area contributed by atoms with E-state index >= 15 is 0 Å². The molecule has 0 fully saturated rings. The number of nitrogens with zero attached hydrogens (tertiary/aromatic N) is 1. The van der Waals surface area contributed by atoms with Crippen LogP contribution in [0.1, 0.15) is 17.4 Å². The van der Waals surface area contributed by atoms with Crippen LogP contribution in [0.4, 0.5) is 0 Å². The molecule has 0 saturated heterocycles. The largest absolute Gasteiger partial charge is 1.00 e. The molecule has 0 aromatic carbocycles. The lowest BCUT2D eigenvalue weighted by atomic mass is 10.2. The van der Waals surface area contributed by atoms with Crippen LogP contribution in [-0.2, 0) is 0 Å². The number of Topliss-reactive ketones (excluding diaryl/α,β-unsaturated/α-hetero) is 1. The van der Waals surface area contributed by atoms with E-state index in [1.165, 1.54) is 17.9 Å². The first-order valence-corrected chi connectivity index (χ1v) is 5.27. The summed E-state index contributed by atoms with van der Waals surface area (Å²) in [5.74, 6) is -0.329. The number of nitrogens with one attached hydrogen (secondary N) is 1. The SMILES string of the molecule is CC(=O)c1nc(Br)ccc1O.C[NH+](C)C.[Cl-]. The van der Waals surface area contributed by atoms with Crippen molar-refractivity contribution in [2.24, 2.45) is 0 Å². The van der Waals surface area contributed by atoms with Crippen molar-refractivity contribution in [2.75, 3.05) is 21.1 Å². The molecule has 0 saturated carbocycles. The smallest absolute Gasteiger partial charge is 0.181 e. The summed E-state index contributed by atoms with van der Waals surface area (Å²) in [4.78, 5) is 16.0. The lowest BCUT2D eigenvalue weighted by Gasteiger charge is -1.98. The van der Waals surface area contributed by atoms with Gasteiger partial charge in [0.2, 0.25) is 0 Å². The Balaban J connectivity index is 0. The van der Waals surface area contributed by atoms with Crippen LogP contribution in [0.25, 0.3) is 0 Å². The molecule has 92 valence electrons. The molecule has 0 aliphatic rings. The van der Waals surface area contributed by atoms with Crippen LogP contribution in [0.15, 0.2) is 16.7 Å². The molecule has 0 aliphatic carbocycles. The van der Waals surface area contributed by atoms with Gasteiger partial charge in [0.25, 0.3) is 0 Å². The first kappa shape index (κ1) is 17.7. The quantitative estimate of drug-likeness (QED) is 0.446. The molecular formula is C10H16BrClN2O2. The number of halogens is 2. The Labute approximate surface area is 110 Å². The van der Waals surface area contributed by atoms with Crippen molar-refractivity contribution >= 4 is 21.7 Å². The Hall–Kier alpha value is -0.650. The van der Waals surface area contributed by atoms with Gasteiger partial charge in [0, 0.05) is 6.92 Å². The van der Waals surface area contributed by atoms with Crippen LogP contribution in [0, 0.1) is 0 Å². The zero-order valence-electron chi connectivity index (χ0n) is 9.71. The Kier molecular flexibility index (Phi) is 9.42. The van der Waals surface area contributed by atoms with Crippen molar-refractivity contribution in [2.45, 2.75) is 6.92 Å². The van der Waals surface area contributed by atoms with Crippen LogP contribution in [0.5, 0.6) is 5.75 Å². The third kappa shape index (κ3) is 7.62. The topological polar surface area (TPSA) is 54.6 Å². The molecule has 16 heavy (non-hydrogen) atoms. The molecule has 0 bridgehead atoms. The summed E-state index contributed by atoms with van der Waals surface area (Å²) in [5, 5.41) is 9.10. The highest BCUT2D eigenvalue weighted by Gasteiger charge is 2.07. The number of aromatic nitrogens is 1. The summed E-state index contributed by atoms with van der Waals surface area (Å²) in [6.07, 6.45) is 0. The molecule has 4 nitrogen and oxygen atoms in total. The number of ketones is 1. The van der Waals surface area contributed by atoms with E-state index in [0.29, 0.717) is 4.60 Å². The maximum absolute atomic E-state index is 10.8. The molecule has 0 unspecified atom stereocenters. The predicted molar refractivity (Wildman–Crippen MR) is 62.3 cm³/mol. The van der Waals surface area contributed by atoms with E-state index in [9.17, 15) is 4.79 Å². The van der Waals surface area contributed by atoms with Crippen molar-refractivity contribution in [3.05, 3.63) is 22.4 Å². The minimum Gasteiger partial charge on any atom is -1.00 e. The summed E-state index contributed by atoms with van der Waals surface area (Å²) in [6, 6.07) is 3.00. The highest BCUT2D eigenvalue weighted by molar-refractivity contribution is 9.10. The third-order valence-corrected chi connectivity index (χ3v) is 1.62. The second kappa shape index (κ2) is 8.50. The lowest BCUT2D eigenvalue weighted by molar-refractivity contribution is -0.836. The minimum atomic E-state index is -0.246. The average molecular weight is 312 g/mol. The molecule has 0 aliphatic heterocycles. The molecule has 6 heteroatoms. The number of pyridine rings is 1. The van der Waals surface area contributed by atoms with E-state index < -0.39 is 0 Å². The summed E-state index contributed by atoms with van der Waals surface area (Å²) in [7, 11) is 6.25. The first-order chi connectivity index (χ1) is 6.84. The first-order valence-electron chi connectivity index (χ1n) is 4.47. The van der Waals surface area contributed by atoms with Gasteiger partial charge in [-0.2, -0.15) is 0 Å². The molecule has 0 amide bonds. The van der Waals surface area contributed by atoms with Crippen molar-refractivity contribution in [1.82, 2.24) is 4.98 Å². The van der Waals surface area contributed by atoms with Gasteiger partial charge in [-0.15, -0.1) is 0 Å². The number of carbonyl (C=O) groups excluding carboxylic acids is 1. The normalized spacial score (nSPS) is 8.88. The van der Waals surface area contributed by atoms with E-state index in [0.717, 1.165) is 0 Å². The van der Waals surface area contributed by atoms with Crippen LogP contribution < -0.4 is 17.3 Å². The summed E-state index contributed by atoms with van der Waals surface area (Å²) in [6.45, 7) is 1.36. The summed E-state index contributed by atoms with van der Waals surface area (Å²) < 4.78 is 0.542. The summed E-state index contributed by atoms with van der Waals surface area (Å²) >= 11 is 3.09. The fraction of sp³-hybridized carbons (Fsp3) is 0.400. The van der Waals surface area contributed by atoms with E-state index in [1.54, 1.807) is 6.07 Å². The fourth-order valence-electron chi connectivity index (χ4n) is 0.687. The van der Waals surface area contributed by atoms with E-state index in [-0.39, 0.29) is 29.6 Å². The van der Waals surface area contributed by atoms with Gasteiger partial charge in [-0.3, -0.25) is 4.79 Å². The fourth-order valence-corrected chi connectivity index (χ4v) is 0.997. The standard InChI is InChI=1S/C7H6BrNO2.C3H9N.ClH/c1-4(10)7-5(11)2-3-6(8)9-7;1-4(2)3;/h2-3,11H,1H3;1-3H3;1H. The zero-order valence-corrected chi connectivity index (χ0v) is 12.1. The second-order valence-corrected chi connectivity index (χ2v) is 4.37. The molecule has 1 aromatic heterocycles. The molecule has 2 N–H and O–H groups in total. The van der Waals surface area contributed by atoms with Gasteiger partial charge >= 0.3 is 0 Å². The van der Waals surface area contributed by atoms with Crippen molar-refractivity contribution < 1.29 is 27.2 Å². The molecular weight excluding hydrogens is 295 g/mol. The lowest BCUT2D eigenvalue weighted by Crippen LogP contribution is -3.02. The molecule has 0 atom stereocenters. The second-order valence-electron chi connectivity index (χ2n) is 3.56. The van der Waals surface area contributed by atoms with Gasteiger partial charge in [0.15, 0.2) is 5.78 Å². The van der Waals surface area contributed by atoms with Gasteiger partial charge in [0.05, 0.1) is 21.1 Å². The average Bonchev–Trinajstić information content (AvgIpc) is 2.08. The van der Waals surface area contributed by atoms with Crippen molar-refractivity contribution in [1.29, 1.82) is 0 Å². The highest BCUT2D eigenvalue weighted by Crippen LogP contribution is 2.17. The predicted octanol–water partition coefficient (Wildman–Crippen LogP) is -2.48. The Bertz CT molecular complexity index is 343. The Morgan fingerprint density at radius 3 is 2.12 bits per heavy atom. The van der Waals surface area contributed by atoms with Gasteiger partial charge in [-0.1, -0.05) is 0 Å². The maximum Gasteiger partial charge on any atom is 0.181 e. The zero-order chi connectivity index (χ0) is 12.0. The van der Waals surface area contributed by atoms with Crippen molar-refractivity contribution in [3.8, 4) is 5.75 Å². The van der Waals surface area contributed by atoms with Gasteiger partial charge in [0.1, 0.15) is 16.0 Å². The van der Waals surface area contributed by atoms with Crippen molar-refractivity contribution in [3.63, 3.8) is 0 Å². The van der Waals surface area contributed by atoms with E-state index in [1.807, 2.05) is 0 Å². The van der Waals surface area contributed by atoms with E-state index in [4.69, 9.17) is 5.11 Å². The number of rotatable bonds is 1. The Morgan fingerprint density at radius 2 is 1.81 bits per heavy atom. The van der Waals surface area contributed by atoms with Gasteiger partial charge in [-0.25, -0.2) is 4.98 Å². The summed E-state index contributed by atoms with van der Waals surface area (Å²) in [5.41, 5.74) is 0.0966. The third-order valence-electron chi connectivity index (χ3n) is 1.17. The molecule has 0 radical (unpaired) electrons. The number of carbonyl (C=O) groups is 1. The number of hydrogen-bond acceptors (Lipinski definition) is 3. The van der Waals surface area contributed by atoms with Crippen LogP contribution in [0.3, 0.4) is 0 Å². The molecule has 1 heterocycles. The maximum atomic E-state index is 10.8. The van der Waals surface area contributed by atoms with Gasteiger partial charge in [-0.05, 0) is 28.1 Å². The molecule has 0 spiro atoms. The van der Waals surface area contributed by atoms with Crippen LogP contribution in [0.2, 0.25) is 0 Å². The number of quaternary nitrogens is 1. The minimum absolute atomic E-state index is 0. The van der Waals surface area contributed by atoms with Crippen LogP contribution >= 0.6 is 15.9 Å². The Morgan fingerprint density at radius 1 is 1.38 bits per heavy atom. The van der Waals surface area contributed by atoms with Gasteiger partial charge < -0.3 is 22.4 Å². The van der Waals surface area contributed by atoms with E-state index in [2.05, 4.69) is 42.1 Å². The highest BCUT2D eigenvalue weighted by atomic mass is 79.9. The van der Waals surface area contributed by atoms with Crippen LogP contribution in [-0.4, -0.2) is 37.0 Å². The number of hydrogen-bond donors (Lipinski definition) is 2.